The molecule has 0 saturated carbocycles. The number of ketones is 1. The average molecular weight is 310 g/mol. The fraction of sp³-hybridized carbons (Fsp3) is 0.800. The lowest BCUT2D eigenvalue weighted by Gasteiger charge is -2.38. The van der Waals surface area contributed by atoms with E-state index in [0.717, 1.165) is 13.8 Å². The summed E-state index contributed by atoms with van der Waals surface area (Å²) in [5.74, 6) is -9.45. The molecule has 0 unspecified atom stereocenters. The zero-order valence-electron chi connectivity index (χ0n) is 10.4. The fourth-order valence-corrected chi connectivity index (χ4v) is 1.72. The molecule has 19 heavy (non-hydrogen) atoms. The van der Waals surface area contributed by atoms with Gasteiger partial charge in [0.15, 0.2) is 5.78 Å². The molecule has 0 aliphatic rings. The summed E-state index contributed by atoms with van der Waals surface area (Å²) in [5, 5.41) is 0. The molecular formula is C10H13ClF5NO2. The molecule has 0 aromatic carbocycles. The van der Waals surface area contributed by atoms with Crippen LogP contribution in [0.5, 0.6) is 0 Å². The van der Waals surface area contributed by atoms with Gasteiger partial charge < -0.3 is 4.90 Å². The third-order valence-electron chi connectivity index (χ3n) is 2.66. The highest BCUT2D eigenvalue weighted by Gasteiger charge is 2.65. The van der Waals surface area contributed by atoms with E-state index >= 15 is 0 Å². The first-order valence-electron chi connectivity index (χ1n) is 5.19. The zero-order valence-corrected chi connectivity index (χ0v) is 11.2. The van der Waals surface area contributed by atoms with Crippen molar-refractivity contribution in [2.75, 3.05) is 12.4 Å². The molecule has 112 valence electrons. The third-order valence-corrected chi connectivity index (χ3v) is 2.91. The molecule has 0 aliphatic carbocycles. The van der Waals surface area contributed by atoms with Gasteiger partial charge in [0, 0.05) is 6.54 Å². The number of rotatable bonds is 5. The molecule has 0 heterocycles. The number of carbonyl (C=O) groups is 2. The van der Waals surface area contributed by atoms with Crippen molar-refractivity contribution in [1.29, 1.82) is 0 Å². The van der Waals surface area contributed by atoms with Gasteiger partial charge in [0.2, 0.25) is 0 Å². The SMILES string of the molecule is CCN(C(=O)C(F)(F)C(F)(F)F)C(C)(C)C(=O)CCl. The first kappa shape index (κ1) is 18.1. The number of alkyl halides is 6. The number of nitrogens with zero attached hydrogens (tertiary/aromatic N) is 1. The molecule has 0 aromatic rings. The molecule has 0 fully saturated rings. The van der Waals surface area contributed by atoms with E-state index in [0.29, 0.717) is 0 Å². The van der Waals surface area contributed by atoms with E-state index in [2.05, 4.69) is 0 Å². The number of amides is 1. The molecule has 0 atom stereocenters. The Morgan fingerprint density at radius 1 is 1.11 bits per heavy atom. The zero-order chi connectivity index (χ0) is 15.6. The number of likely N-dealkylation sites (N-methyl/N-ethyl adjacent to an activating group) is 1. The lowest BCUT2D eigenvalue weighted by Crippen LogP contribution is -2.61. The van der Waals surface area contributed by atoms with Crippen molar-refractivity contribution in [2.24, 2.45) is 0 Å². The smallest absolute Gasteiger partial charge is 0.325 e. The Kier molecular flexibility index (Phi) is 5.33. The maximum Gasteiger partial charge on any atom is 0.463 e. The van der Waals surface area contributed by atoms with Gasteiger partial charge in [0.25, 0.3) is 0 Å². The molecule has 0 saturated heterocycles. The van der Waals surface area contributed by atoms with Gasteiger partial charge in [-0.1, -0.05) is 0 Å². The van der Waals surface area contributed by atoms with Crippen LogP contribution >= 0.6 is 11.6 Å². The predicted molar refractivity (Wildman–Crippen MR) is 58.2 cm³/mol. The third kappa shape index (κ3) is 3.34. The van der Waals surface area contributed by atoms with Crippen LogP contribution in [0.4, 0.5) is 22.0 Å². The number of carbonyl (C=O) groups excluding carboxylic acids is 2. The minimum atomic E-state index is -6.02. The largest absolute Gasteiger partial charge is 0.463 e. The minimum absolute atomic E-state index is 0.172. The van der Waals surface area contributed by atoms with Crippen molar-refractivity contribution >= 4 is 23.3 Å². The molecule has 0 aliphatic heterocycles. The molecule has 1 amide bonds. The van der Waals surface area contributed by atoms with E-state index in [1.165, 1.54) is 6.92 Å². The number of hydrogen-bond donors (Lipinski definition) is 0. The van der Waals surface area contributed by atoms with Gasteiger partial charge >= 0.3 is 18.0 Å². The van der Waals surface area contributed by atoms with Crippen molar-refractivity contribution in [3.05, 3.63) is 0 Å². The maximum absolute atomic E-state index is 13.0. The van der Waals surface area contributed by atoms with Crippen LogP contribution < -0.4 is 0 Å². The van der Waals surface area contributed by atoms with Crippen LogP contribution in [0.25, 0.3) is 0 Å². The Hall–Kier alpha value is -0.920. The van der Waals surface area contributed by atoms with Crippen LogP contribution in [0.3, 0.4) is 0 Å². The van der Waals surface area contributed by atoms with Crippen molar-refractivity contribution in [3.63, 3.8) is 0 Å². The van der Waals surface area contributed by atoms with Gasteiger partial charge in [-0.2, -0.15) is 22.0 Å². The van der Waals surface area contributed by atoms with E-state index < -0.39 is 41.8 Å². The van der Waals surface area contributed by atoms with Crippen LogP contribution in [0.2, 0.25) is 0 Å². The van der Waals surface area contributed by atoms with Gasteiger partial charge in [-0.25, -0.2) is 0 Å². The Morgan fingerprint density at radius 2 is 1.53 bits per heavy atom. The topological polar surface area (TPSA) is 37.4 Å². The summed E-state index contributed by atoms with van der Waals surface area (Å²) in [6.45, 7) is 2.82. The molecule has 0 radical (unpaired) electrons. The quantitative estimate of drug-likeness (QED) is 0.578. The number of hydrogen-bond acceptors (Lipinski definition) is 2. The summed E-state index contributed by atoms with van der Waals surface area (Å²) in [5.41, 5.74) is -1.84. The highest BCUT2D eigenvalue weighted by atomic mass is 35.5. The second kappa shape index (κ2) is 5.60. The van der Waals surface area contributed by atoms with Gasteiger partial charge in [-0.3, -0.25) is 9.59 Å². The Bertz CT molecular complexity index is 367. The summed E-state index contributed by atoms with van der Waals surface area (Å²) in [6, 6.07) is 0. The number of Topliss-reactive ketones (excluding diaryl/α,β-unsaturated/α-hetero) is 1. The molecule has 3 nitrogen and oxygen atoms in total. The minimum Gasteiger partial charge on any atom is -0.325 e. The lowest BCUT2D eigenvalue weighted by molar-refractivity contribution is -0.275. The highest BCUT2D eigenvalue weighted by Crippen LogP contribution is 2.38. The average Bonchev–Trinajstić information content (AvgIpc) is 2.26. The van der Waals surface area contributed by atoms with Crippen molar-refractivity contribution in [2.45, 2.75) is 38.4 Å². The van der Waals surface area contributed by atoms with Crippen LogP contribution in [-0.4, -0.2) is 46.7 Å². The fourth-order valence-electron chi connectivity index (χ4n) is 1.40. The second-order valence-corrected chi connectivity index (χ2v) is 4.50. The van der Waals surface area contributed by atoms with E-state index in [1.54, 1.807) is 0 Å². The van der Waals surface area contributed by atoms with Crippen LogP contribution in [-0.2, 0) is 9.59 Å². The normalized spacial score (nSPS) is 13.3. The van der Waals surface area contributed by atoms with Crippen molar-refractivity contribution < 1.29 is 31.5 Å². The highest BCUT2D eigenvalue weighted by molar-refractivity contribution is 6.29. The van der Waals surface area contributed by atoms with E-state index in [4.69, 9.17) is 11.6 Å². The van der Waals surface area contributed by atoms with Crippen LogP contribution in [0, 0.1) is 0 Å². The first-order valence-corrected chi connectivity index (χ1v) is 5.73. The summed E-state index contributed by atoms with van der Waals surface area (Å²) in [6.07, 6.45) is -6.02. The van der Waals surface area contributed by atoms with Crippen molar-refractivity contribution in [1.82, 2.24) is 4.90 Å². The van der Waals surface area contributed by atoms with E-state index in [1.807, 2.05) is 0 Å². The molecule has 0 spiro atoms. The maximum atomic E-state index is 13.0. The summed E-state index contributed by atoms with van der Waals surface area (Å²) in [7, 11) is 0. The molecule has 0 N–H and O–H groups in total. The standard InChI is InChI=1S/C10H13ClF5NO2/c1-4-17(8(2,3)6(18)5-11)7(19)9(12,13)10(14,15)16/h4-5H2,1-3H3. The Morgan fingerprint density at radius 3 is 1.79 bits per heavy atom. The van der Waals surface area contributed by atoms with Crippen LogP contribution in [0.15, 0.2) is 0 Å². The van der Waals surface area contributed by atoms with Crippen molar-refractivity contribution in [3.8, 4) is 0 Å². The number of halogens is 6. The molecule has 0 aromatic heterocycles. The van der Waals surface area contributed by atoms with Gasteiger partial charge in [0.05, 0.1) is 11.4 Å². The van der Waals surface area contributed by atoms with Gasteiger partial charge in [-0.05, 0) is 20.8 Å². The molecular weight excluding hydrogens is 297 g/mol. The predicted octanol–water partition coefficient (Wildman–Crippen LogP) is 2.62. The second-order valence-electron chi connectivity index (χ2n) is 4.24. The van der Waals surface area contributed by atoms with Gasteiger partial charge in [-0.15, -0.1) is 11.6 Å². The van der Waals surface area contributed by atoms with Gasteiger partial charge in [0.1, 0.15) is 0 Å². The van der Waals surface area contributed by atoms with E-state index in [9.17, 15) is 31.5 Å². The molecule has 0 rings (SSSR count). The summed E-state index contributed by atoms with van der Waals surface area (Å²) >= 11 is 5.25. The first-order chi connectivity index (χ1) is 8.33. The summed E-state index contributed by atoms with van der Waals surface area (Å²) in [4.78, 5) is 23.0. The Balaban J connectivity index is 5.52. The Labute approximate surface area is 111 Å². The summed E-state index contributed by atoms with van der Waals surface area (Å²) < 4.78 is 62.4. The molecule has 9 heteroatoms. The lowest BCUT2D eigenvalue weighted by atomic mass is 9.96. The van der Waals surface area contributed by atoms with E-state index in [-0.39, 0.29) is 4.90 Å². The van der Waals surface area contributed by atoms with Crippen LogP contribution in [0.1, 0.15) is 20.8 Å². The molecule has 0 bridgehead atoms. The monoisotopic (exact) mass is 309 g/mol.